The van der Waals surface area contributed by atoms with Crippen molar-refractivity contribution in [1.29, 1.82) is 0 Å². The van der Waals surface area contributed by atoms with Crippen LogP contribution in [0.2, 0.25) is 0 Å². The molecule has 0 fully saturated rings. The summed E-state index contributed by atoms with van der Waals surface area (Å²) in [6, 6.07) is 0. The van der Waals surface area contributed by atoms with E-state index in [1.54, 1.807) is 6.92 Å². The molecule has 2 rings (SSSR count). The van der Waals surface area contributed by atoms with Crippen molar-refractivity contribution in [2.75, 3.05) is 13.2 Å². The van der Waals surface area contributed by atoms with Gasteiger partial charge in [-0.3, -0.25) is 9.59 Å². The van der Waals surface area contributed by atoms with E-state index in [2.05, 4.69) is 15.3 Å². The first-order valence-corrected chi connectivity index (χ1v) is 7.76. The summed E-state index contributed by atoms with van der Waals surface area (Å²) in [5.74, 6) is 0.0708. The van der Waals surface area contributed by atoms with Gasteiger partial charge < -0.3 is 15.4 Å². The molecule has 0 bridgehead atoms. The first kappa shape index (κ1) is 15.7. The molecule has 6 nitrogen and oxygen atoms in total. The standard InChI is InChI=1S/C14H19N3O3S/c1-3-9(4-5-18)6-15-13(20)11-8(2)10-12(19)16-7-17-14(10)21-11/h7,9,18H,3-6H2,1-2H3,(H,15,20)(H,16,17,19). The monoisotopic (exact) mass is 309 g/mol. The number of hydrogen-bond donors (Lipinski definition) is 3. The van der Waals surface area contributed by atoms with Crippen molar-refractivity contribution in [3.05, 3.63) is 27.1 Å². The minimum absolute atomic E-state index is 0.121. The largest absolute Gasteiger partial charge is 0.396 e. The Morgan fingerprint density at radius 1 is 1.57 bits per heavy atom. The highest BCUT2D eigenvalue weighted by molar-refractivity contribution is 7.20. The van der Waals surface area contributed by atoms with Crippen LogP contribution in [0.4, 0.5) is 0 Å². The predicted octanol–water partition coefficient (Wildman–Crippen LogP) is 1.43. The molecule has 0 saturated carbocycles. The number of amides is 1. The number of aromatic amines is 1. The predicted molar refractivity (Wildman–Crippen MR) is 82.8 cm³/mol. The topological polar surface area (TPSA) is 95.1 Å². The molecule has 21 heavy (non-hydrogen) atoms. The Bertz CT molecular complexity index is 692. The van der Waals surface area contributed by atoms with Crippen molar-refractivity contribution in [3.63, 3.8) is 0 Å². The molecule has 0 aliphatic carbocycles. The van der Waals surface area contributed by atoms with Crippen LogP contribution in [0.1, 0.15) is 35.0 Å². The van der Waals surface area contributed by atoms with E-state index in [0.29, 0.717) is 33.6 Å². The highest BCUT2D eigenvalue weighted by Gasteiger charge is 2.18. The van der Waals surface area contributed by atoms with E-state index in [0.717, 1.165) is 6.42 Å². The van der Waals surface area contributed by atoms with Crippen molar-refractivity contribution in [1.82, 2.24) is 15.3 Å². The fourth-order valence-electron chi connectivity index (χ4n) is 2.25. The molecule has 1 atom stereocenters. The molecule has 0 radical (unpaired) electrons. The molecule has 1 unspecified atom stereocenters. The Hall–Kier alpha value is -1.73. The van der Waals surface area contributed by atoms with E-state index in [-0.39, 0.29) is 24.0 Å². The zero-order valence-electron chi connectivity index (χ0n) is 12.1. The number of nitrogens with one attached hydrogen (secondary N) is 2. The summed E-state index contributed by atoms with van der Waals surface area (Å²) in [5, 5.41) is 12.3. The van der Waals surface area contributed by atoms with Crippen LogP contribution in [0, 0.1) is 12.8 Å². The molecule has 0 aromatic carbocycles. The highest BCUT2D eigenvalue weighted by atomic mass is 32.1. The lowest BCUT2D eigenvalue weighted by Crippen LogP contribution is -2.29. The number of aliphatic hydroxyl groups is 1. The molecular formula is C14H19N3O3S. The van der Waals surface area contributed by atoms with Crippen LogP contribution in [-0.4, -0.2) is 34.1 Å². The number of fused-ring (bicyclic) bond motifs is 1. The Morgan fingerprint density at radius 3 is 2.95 bits per heavy atom. The average Bonchev–Trinajstić information content (AvgIpc) is 2.81. The van der Waals surface area contributed by atoms with Gasteiger partial charge in [0.2, 0.25) is 0 Å². The van der Waals surface area contributed by atoms with E-state index in [9.17, 15) is 9.59 Å². The molecule has 0 aliphatic rings. The number of carbonyl (C=O) groups is 1. The van der Waals surface area contributed by atoms with Gasteiger partial charge in [0.1, 0.15) is 4.83 Å². The van der Waals surface area contributed by atoms with Crippen LogP contribution in [0.15, 0.2) is 11.1 Å². The molecule has 7 heteroatoms. The van der Waals surface area contributed by atoms with Gasteiger partial charge in [0.05, 0.1) is 16.6 Å². The summed E-state index contributed by atoms with van der Waals surface area (Å²) in [6.07, 6.45) is 2.91. The zero-order valence-corrected chi connectivity index (χ0v) is 12.9. The van der Waals surface area contributed by atoms with Gasteiger partial charge in [-0.1, -0.05) is 13.3 Å². The van der Waals surface area contributed by atoms with Crippen LogP contribution in [0.3, 0.4) is 0 Å². The van der Waals surface area contributed by atoms with Crippen molar-refractivity contribution >= 4 is 27.5 Å². The Kier molecular flexibility index (Phi) is 5.08. The number of rotatable bonds is 6. The minimum atomic E-state index is -0.223. The fourth-order valence-corrected chi connectivity index (χ4v) is 3.31. The maximum atomic E-state index is 12.3. The van der Waals surface area contributed by atoms with E-state index in [1.807, 2.05) is 6.92 Å². The molecule has 1 amide bonds. The fraction of sp³-hybridized carbons (Fsp3) is 0.500. The third-order valence-corrected chi connectivity index (χ3v) is 4.80. The Morgan fingerprint density at radius 2 is 2.33 bits per heavy atom. The molecule has 0 aliphatic heterocycles. The van der Waals surface area contributed by atoms with E-state index < -0.39 is 0 Å². The van der Waals surface area contributed by atoms with Gasteiger partial charge in [0.25, 0.3) is 11.5 Å². The van der Waals surface area contributed by atoms with Crippen LogP contribution >= 0.6 is 11.3 Å². The second-order valence-corrected chi connectivity index (χ2v) is 5.96. The smallest absolute Gasteiger partial charge is 0.261 e. The van der Waals surface area contributed by atoms with Gasteiger partial charge in [-0.15, -0.1) is 11.3 Å². The number of nitrogens with zero attached hydrogens (tertiary/aromatic N) is 1. The lowest BCUT2D eigenvalue weighted by atomic mass is 10.0. The summed E-state index contributed by atoms with van der Waals surface area (Å²) < 4.78 is 0. The number of thiophene rings is 1. The third-order valence-electron chi connectivity index (χ3n) is 3.60. The lowest BCUT2D eigenvalue weighted by Gasteiger charge is -2.13. The normalized spacial score (nSPS) is 12.5. The summed E-state index contributed by atoms with van der Waals surface area (Å²) in [5.41, 5.74) is 0.441. The summed E-state index contributed by atoms with van der Waals surface area (Å²) in [7, 11) is 0. The van der Waals surface area contributed by atoms with Crippen molar-refractivity contribution in [2.45, 2.75) is 26.7 Å². The van der Waals surface area contributed by atoms with Crippen LogP contribution in [0.25, 0.3) is 10.2 Å². The van der Waals surface area contributed by atoms with Gasteiger partial charge in [-0.25, -0.2) is 4.98 Å². The number of hydrogen-bond acceptors (Lipinski definition) is 5. The molecule has 3 N–H and O–H groups in total. The molecule has 2 aromatic heterocycles. The SMILES string of the molecule is CCC(CCO)CNC(=O)c1sc2nc[nH]c(=O)c2c1C. The summed E-state index contributed by atoms with van der Waals surface area (Å²) >= 11 is 1.23. The zero-order chi connectivity index (χ0) is 15.4. The molecule has 2 aromatic rings. The number of aliphatic hydroxyl groups excluding tert-OH is 1. The van der Waals surface area contributed by atoms with E-state index >= 15 is 0 Å². The third kappa shape index (κ3) is 3.30. The first-order chi connectivity index (χ1) is 10.1. The van der Waals surface area contributed by atoms with E-state index in [4.69, 9.17) is 5.11 Å². The van der Waals surface area contributed by atoms with Crippen LogP contribution in [0.5, 0.6) is 0 Å². The van der Waals surface area contributed by atoms with Gasteiger partial charge in [0, 0.05) is 13.2 Å². The quantitative estimate of drug-likeness (QED) is 0.752. The second-order valence-electron chi connectivity index (χ2n) is 4.96. The summed E-state index contributed by atoms with van der Waals surface area (Å²) in [4.78, 5) is 31.8. The van der Waals surface area contributed by atoms with Crippen molar-refractivity contribution in [3.8, 4) is 0 Å². The molecular weight excluding hydrogens is 290 g/mol. The minimum Gasteiger partial charge on any atom is -0.396 e. The van der Waals surface area contributed by atoms with Gasteiger partial charge in [-0.05, 0) is 24.8 Å². The van der Waals surface area contributed by atoms with Crippen molar-refractivity contribution < 1.29 is 9.90 Å². The first-order valence-electron chi connectivity index (χ1n) is 6.94. The Labute approximate surface area is 126 Å². The average molecular weight is 309 g/mol. The summed E-state index contributed by atoms with van der Waals surface area (Å²) in [6.45, 7) is 4.43. The maximum absolute atomic E-state index is 12.3. The highest BCUT2D eigenvalue weighted by Crippen LogP contribution is 2.26. The maximum Gasteiger partial charge on any atom is 0.261 e. The lowest BCUT2D eigenvalue weighted by molar-refractivity contribution is 0.0947. The Balaban J connectivity index is 2.18. The molecule has 0 spiro atoms. The van der Waals surface area contributed by atoms with Crippen molar-refractivity contribution in [2.24, 2.45) is 5.92 Å². The van der Waals surface area contributed by atoms with Crippen LogP contribution < -0.4 is 10.9 Å². The molecule has 2 heterocycles. The number of aryl methyl sites for hydroxylation is 1. The number of H-pyrrole nitrogens is 1. The van der Waals surface area contributed by atoms with E-state index in [1.165, 1.54) is 17.7 Å². The second kappa shape index (κ2) is 6.82. The van der Waals surface area contributed by atoms with Gasteiger partial charge >= 0.3 is 0 Å². The van der Waals surface area contributed by atoms with Gasteiger partial charge in [-0.2, -0.15) is 0 Å². The number of carbonyl (C=O) groups excluding carboxylic acids is 1. The van der Waals surface area contributed by atoms with Crippen LogP contribution in [-0.2, 0) is 0 Å². The molecule has 0 saturated heterocycles. The molecule has 114 valence electrons. The number of aromatic nitrogens is 2. The van der Waals surface area contributed by atoms with Gasteiger partial charge in [0.15, 0.2) is 0 Å².